The number of benzene rings is 2. The minimum Gasteiger partial charge on any atom is -0.384 e. The summed E-state index contributed by atoms with van der Waals surface area (Å²) in [7, 11) is -3.35. The second kappa shape index (κ2) is 5.82. The molecule has 1 unspecified atom stereocenters. The zero-order valence-electron chi connectivity index (χ0n) is 10.8. The lowest BCUT2D eigenvalue weighted by molar-refractivity contribution is 0.214. The highest BCUT2D eigenvalue weighted by Gasteiger charge is 2.18. The predicted octanol–water partition coefficient (Wildman–Crippen LogP) is 3.21. The fourth-order valence-electron chi connectivity index (χ4n) is 1.82. The van der Waals surface area contributed by atoms with Gasteiger partial charge < -0.3 is 5.11 Å². The number of sulfone groups is 1. The molecule has 1 atom stereocenters. The molecule has 0 fully saturated rings. The van der Waals surface area contributed by atoms with E-state index in [2.05, 4.69) is 15.9 Å². The number of hydrogen-bond donors (Lipinski definition) is 1. The summed E-state index contributed by atoms with van der Waals surface area (Å²) >= 11 is 2.85. The molecule has 0 saturated heterocycles. The van der Waals surface area contributed by atoms with Crippen LogP contribution in [0.2, 0.25) is 0 Å². The van der Waals surface area contributed by atoms with Crippen molar-refractivity contribution in [1.29, 1.82) is 0 Å². The molecule has 0 aromatic heterocycles. The number of rotatable bonds is 3. The summed E-state index contributed by atoms with van der Waals surface area (Å²) in [5, 5.41) is 10.1. The molecule has 2 aromatic carbocycles. The van der Waals surface area contributed by atoms with Crippen LogP contribution >= 0.6 is 15.9 Å². The lowest BCUT2D eigenvalue weighted by atomic mass is 10.0. The van der Waals surface area contributed by atoms with Gasteiger partial charge in [-0.25, -0.2) is 17.2 Å². The molecule has 0 amide bonds. The molecular weight excluding hydrogens is 366 g/mol. The molecule has 0 bridgehead atoms. The van der Waals surface area contributed by atoms with Crippen LogP contribution in [0, 0.1) is 11.6 Å². The van der Waals surface area contributed by atoms with Gasteiger partial charge in [0, 0.05) is 11.8 Å². The van der Waals surface area contributed by atoms with Crippen molar-refractivity contribution < 1.29 is 22.3 Å². The van der Waals surface area contributed by atoms with Crippen molar-refractivity contribution in [3.8, 4) is 0 Å². The van der Waals surface area contributed by atoms with Gasteiger partial charge in [0.1, 0.15) is 17.7 Å². The van der Waals surface area contributed by atoms with E-state index in [1.807, 2.05) is 0 Å². The molecule has 3 nitrogen and oxygen atoms in total. The van der Waals surface area contributed by atoms with Gasteiger partial charge in [-0.2, -0.15) is 0 Å². The van der Waals surface area contributed by atoms with Crippen LogP contribution in [0.15, 0.2) is 45.8 Å². The minimum absolute atomic E-state index is 0.0385. The third kappa shape index (κ3) is 3.48. The zero-order valence-corrected chi connectivity index (χ0v) is 13.2. The number of aliphatic hydroxyl groups is 1. The average Bonchev–Trinajstić information content (AvgIpc) is 2.41. The van der Waals surface area contributed by atoms with Crippen LogP contribution in [0.5, 0.6) is 0 Å². The van der Waals surface area contributed by atoms with Crippen LogP contribution in [0.3, 0.4) is 0 Å². The predicted molar refractivity (Wildman–Crippen MR) is 77.7 cm³/mol. The molecule has 1 N–H and O–H groups in total. The van der Waals surface area contributed by atoms with Crippen molar-refractivity contribution >= 4 is 25.8 Å². The summed E-state index contributed by atoms with van der Waals surface area (Å²) < 4.78 is 49.9. The highest BCUT2D eigenvalue weighted by atomic mass is 79.9. The molecule has 0 aliphatic rings. The first-order chi connectivity index (χ1) is 9.70. The van der Waals surface area contributed by atoms with Crippen molar-refractivity contribution in [2.75, 3.05) is 6.26 Å². The van der Waals surface area contributed by atoms with Gasteiger partial charge in [0.15, 0.2) is 9.84 Å². The van der Waals surface area contributed by atoms with Gasteiger partial charge in [-0.1, -0.05) is 12.1 Å². The summed E-state index contributed by atoms with van der Waals surface area (Å²) in [4.78, 5) is 0.0842. The Bertz CT molecular complexity index is 774. The molecule has 2 aromatic rings. The number of halogens is 3. The van der Waals surface area contributed by atoms with Crippen molar-refractivity contribution in [2.45, 2.75) is 11.0 Å². The Morgan fingerprint density at radius 2 is 1.67 bits per heavy atom. The van der Waals surface area contributed by atoms with E-state index in [0.29, 0.717) is 0 Å². The SMILES string of the molecule is CS(=O)(=O)c1ccc(C(O)c2cc(F)c(Br)cc2F)cc1. The van der Waals surface area contributed by atoms with Gasteiger partial charge in [-0.15, -0.1) is 0 Å². The summed E-state index contributed by atoms with van der Waals surface area (Å²) in [5.41, 5.74) is 0.0471. The molecule has 0 aliphatic heterocycles. The Labute approximate surface area is 129 Å². The van der Waals surface area contributed by atoms with Crippen molar-refractivity contribution in [2.24, 2.45) is 0 Å². The van der Waals surface area contributed by atoms with Crippen LogP contribution in [-0.4, -0.2) is 19.8 Å². The Morgan fingerprint density at radius 1 is 1.10 bits per heavy atom. The fourth-order valence-corrected chi connectivity index (χ4v) is 2.77. The maximum atomic E-state index is 13.8. The van der Waals surface area contributed by atoms with E-state index in [9.17, 15) is 22.3 Å². The van der Waals surface area contributed by atoms with E-state index in [1.54, 1.807) is 0 Å². The molecule has 0 spiro atoms. The van der Waals surface area contributed by atoms with Crippen LogP contribution in [0.25, 0.3) is 0 Å². The van der Waals surface area contributed by atoms with Crippen molar-refractivity contribution in [3.05, 3.63) is 63.6 Å². The zero-order chi connectivity index (χ0) is 15.8. The lowest BCUT2D eigenvalue weighted by Crippen LogP contribution is -2.05. The molecule has 0 aliphatic carbocycles. The Kier molecular flexibility index (Phi) is 4.46. The average molecular weight is 377 g/mol. The normalized spacial score (nSPS) is 13.2. The maximum Gasteiger partial charge on any atom is 0.175 e. The fraction of sp³-hybridized carbons (Fsp3) is 0.143. The lowest BCUT2D eigenvalue weighted by Gasteiger charge is -2.13. The topological polar surface area (TPSA) is 54.4 Å². The highest BCUT2D eigenvalue weighted by Crippen LogP contribution is 2.28. The summed E-state index contributed by atoms with van der Waals surface area (Å²) in [6, 6.07) is 7.16. The molecule has 0 saturated carbocycles. The Morgan fingerprint density at radius 3 is 2.19 bits per heavy atom. The van der Waals surface area contributed by atoms with Gasteiger partial charge in [-0.05, 0) is 45.8 Å². The second-order valence-corrected chi connectivity index (χ2v) is 7.40. The summed E-state index contributed by atoms with van der Waals surface area (Å²) in [5.74, 6) is -1.46. The first-order valence-electron chi connectivity index (χ1n) is 5.82. The maximum absolute atomic E-state index is 13.8. The van der Waals surface area contributed by atoms with E-state index in [4.69, 9.17) is 0 Å². The van der Waals surface area contributed by atoms with Gasteiger partial charge in [0.25, 0.3) is 0 Å². The Balaban J connectivity index is 2.41. The van der Waals surface area contributed by atoms with Crippen LogP contribution < -0.4 is 0 Å². The van der Waals surface area contributed by atoms with Crippen LogP contribution in [-0.2, 0) is 9.84 Å². The van der Waals surface area contributed by atoms with Gasteiger partial charge in [0.2, 0.25) is 0 Å². The monoisotopic (exact) mass is 376 g/mol. The molecule has 112 valence electrons. The molecular formula is C14H11BrF2O3S. The third-order valence-corrected chi connectivity index (χ3v) is 4.69. The van der Waals surface area contributed by atoms with Crippen LogP contribution in [0.4, 0.5) is 8.78 Å². The first-order valence-corrected chi connectivity index (χ1v) is 8.51. The first kappa shape index (κ1) is 16.1. The molecule has 0 radical (unpaired) electrons. The standard InChI is InChI=1S/C14H11BrF2O3S/c1-21(19,20)9-4-2-8(3-5-9)14(18)10-6-13(17)11(15)7-12(10)16/h2-7,14,18H,1H3. The highest BCUT2D eigenvalue weighted by molar-refractivity contribution is 9.10. The molecule has 7 heteroatoms. The quantitative estimate of drug-likeness (QED) is 0.836. The van der Waals surface area contributed by atoms with Gasteiger partial charge in [0.05, 0.1) is 9.37 Å². The van der Waals surface area contributed by atoms with E-state index in [0.717, 1.165) is 18.4 Å². The number of hydrogen-bond acceptors (Lipinski definition) is 3. The van der Waals surface area contributed by atoms with E-state index in [-0.39, 0.29) is 20.5 Å². The minimum atomic E-state index is -3.35. The summed E-state index contributed by atoms with van der Waals surface area (Å²) in [6.45, 7) is 0. The molecule has 2 rings (SSSR count). The van der Waals surface area contributed by atoms with Crippen molar-refractivity contribution in [1.82, 2.24) is 0 Å². The van der Waals surface area contributed by atoms with Gasteiger partial charge in [-0.3, -0.25) is 0 Å². The second-order valence-electron chi connectivity index (χ2n) is 4.53. The Hall–Kier alpha value is -1.31. The van der Waals surface area contributed by atoms with Crippen molar-refractivity contribution in [3.63, 3.8) is 0 Å². The van der Waals surface area contributed by atoms with E-state index in [1.165, 1.54) is 24.3 Å². The van der Waals surface area contributed by atoms with Crippen LogP contribution in [0.1, 0.15) is 17.2 Å². The summed E-state index contributed by atoms with van der Waals surface area (Å²) in [6.07, 6.45) is -0.330. The molecule has 0 heterocycles. The molecule has 21 heavy (non-hydrogen) atoms. The van der Waals surface area contributed by atoms with E-state index < -0.39 is 27.6 Å². The smallest absolute Gasteiger partial charge is 0.175 e. The third-order valence-electron chi connectivity index (χ3n) is 2.96. The number of aliphatic hydroxyl groups excluding tert-OH is 1. The van der Waals surface area contributed by atoms with Gasteiger partial charge >= 0.3 is 0 Å². The largest absolute Gasteiger partial charge is 0.384 e. The van der Waals surface area contributed by atoms with E-state index >= 15 is 0 Å².